The van der Waals surface area contributed by atoms with Crippen LogP contribution in [0.5, 0.6) is 0 Å². The first-order chi connectivity index (χ1) is 13.6. The number of rotatable bonds is 7. The van der Waals surface area contributed by atoms with Gasteiger partial charge >= 0.3 is 0 Å². The Balaban J connectivity index is 1.40. The van der Waals surface area contributed by atoms with E-state index in [0.29, 0.717) is 5.92 Å². The van der Waals surface area contributed by atoms with E-state index in [4.69, 9.17) is 4.98 Å². The minimum atomic E-state index is 0.699. The van der Waals surface area contributed by atoms with Crippen LogP contribution in [0.15, 0.2) is 15.8 Å². The second-order valence-electron chi connectivity index (χ2n) is 7.45. The van der Waals surface area contributed by atoms with E-state index in [-0.39, 0.29) is 0 Å². The summed E-state index contributed by atoms with van der Waals surface area (Å²) in [5.41, 5.74) is 2.34. The Morgan fingerprint density at radius 1 is 1.25 bits per heavy atom. The summed E-state index contributed by atoms with van der Waals surface area (Å²) < 4.78 is 0. The molecule has 8 heteroatoms. The molecule has 0 atom stereocenters. The van der Waals surface area contributed by atoms with Crippen LogP contribution in [0.25, 0.3) is 0 Å². The quantitative estimate of drug-likeness (QED) is 0.550. The SMILES string of the molecule is CCc1nc(CN2CCC(CNC(=NC)N(C)Cc3csc(C)n3)CC2)cs1. The Hall–Kier alpha value is -1.51. The Bertz CT molecular complexity index is 760. The third-order valence-electron chi connectivity index (χ3n) is 5.18. The fourth-order valence-corrected chi connectivity index (χ4v) is 4.92. The highest BCUT2D eigenvalue weighted by Crippen LogP contribution is 2.20. The number of piperidine rings is 1. The van der Waals surface area contributed by atoms with Gasteiger partial charge in [0.1, 0.15) is 0 Å². The van der Waals surface area contributed by atoms with Crippen molar-refractivity contribution in [2.24, 2.45) is 10.9 Å². The van der Waals surface area contributed by atoms with Crippen LogP contribution in [-0.4, -0.2) is 59.5 Å². The fourth-order valence-electron chi connectivity index (χ4n) is 3.58. The van der Waals surface area contributed by atoms with Crippen molar-refractivity contribution in [1.29, 1.82) is 0 Å². The molecule has 0 unspecified atom stereocenters. The van der Waals surface area contributed by atoms with Crippen molar-refractivity contribution in [3.8, 4) is 0 Å². The topological polar surface area (TPSA) is 56.7 Å². The Labute approximate surface area is 176 Å². The molecule has 0 aliphatic carbocycles. The molecule has 0 saturated carbocycles. The summed E-state index contributed by atoms with van der Waals surface area (Å²) in [6.45, 7) is 9.28. The summed E-state index contributed by atoms with van der Waals surface area (Å²) in [4.78, 5) is 18.4. The van der Waals surface area contributed by atoms with Crippen LogP contribution in [0, 0.1) is 12.8 Å². The second-order valence-corrected chi connectivity index (χ2v) is 9.45. The van der Waals surface area contributed by atoms with Crippen LogP contribution in [-0.2, 0) is 19.5 Å². The van der Waals surface area contributed by atoms with Crippen molar-refractivity contribution in [2.45, 2.75) is 46.2 Å². The predicted molar refractivity (Wildman–Crippen MR) is 119 cm³/mol. The summed E-state index contributed by atoms with van der Waals surface area (Å²) >= 11 is 3.49. The summed E-state index contributed by atoms with van der Waals surface area (Å²) in [5.74, 6) is 1.65. The molecule has 1 aliphatic heterocycles. The highest BCUT2D eigenvalue weighted by molar-refractivity contribution is 7.09. The van der Waals surface area contributed by atoms with Gasteiger partial charge in [0.2, 0.25) is 0 Å². The van der Waals surface area contributed by atoms with E-state index in [9.17, 15) is 0 Å². The smallest absolute Gasteiger partial charge is 0.193 e. The molecule has 0 radical (unpaired) electrons. The normalized spacial score (nSPS) is 16.5. The van der Waals surface area contributed by atoms with Gasteiger partial charge in [0.25, 0.3) is 0 Å². The molecule has 2 aromatic heterocycles. The number of aryl methyl sites for hydroxylation is 2. The molecule has 1 aliphatic rings. The lowest BCUT2D eigenvalue weighted by molar-refractivity contribution is 0.176. The number of nitrogens with one attached hydrogen (secondary N) is 1. The first-order valence-corrected chi connectivity index (χ1v) is 11.8. The molecule has 3 rings (SSSR count). The predicted octanol–water partition coefficient (Wildman–Crippen LogP) is 3.39. The van der Waals surface area contributed by atoms with Crippen molar-refractivity contribution < 1.29 is 0 Å². The number of likely N-dealkylation sites (tertiary alicyclic amines) is 1. The number of aromatic nitrogens is 2. The lowest BCUT2D eigenvalue weighted by Crippen LogP contribution is -2.43. The first-order valence-electron chi connectivity index (χ1n) is 10.1. The zero-order valence-electron chi connectivity index (χ0n) is 17.4. The molecule has 0 aromatic carbocycles. The molecule has 0 amide bonds. The zero-order chi connectivity index (χ0) is 19.9. The Morgan fingerprint density at radius 3 is 2.61 bits per heavy atom. The van der Waals surface area contributed by atoms with E-state index in [1.807, 2.05) is 14.0 Å². The first kappa shape index (κ1) is 21.2. The van der Waals surface area contributed by atoms with E-state index < -0.39 is 0 Å². The van der Waals surface area contributed by atoms with E-state index in [1.165, 1.54) is 23.5 Å². The van der Waals surface area contributed by atoms with Gasteiger partial charge in [0.05, 0.1) is 27.9 Å². The van der Waals surface area contributed by atoms with Gasteiger partial charge in [-0.15, -0.1) is 22.7 Å². The number of nitrogens with zero attached hydrogens (tertiary/aromatic N) is 5. The summed E-state index contributed by atoms with van der Waals surface area (Å²) in [5, 5.41) is 10.3. The van der Waals surface area contributed by atoms with E-state index in [2.05, 4.69) is 49.8 Å². The molecule has 0 bridgehead atoms. The lowest BCUT2D eigenvalue weighted by Gasteiger charge is -2.32. The maximum Gasteiger partial charge on any atom is 0.193 e. The number of thiazole rings is 2. The molecule has 1 fully saturated rings. The minimum absolute atomic E-state index is 0.699. The van der Waals surface area contributed by atoms with Crippen molar-refractivity contribution >= 4 is 28.6 Å². The average Bonchev–Trinajstić information content (AvgIpc) is 3.32. The van der Waals surface area contributed by atoms with Crippen LogP contribution in [0.2, 0.25) is 0 Å². The van der Waals surface area contributed by atoms with Gasteiger partial charge < -0.3 is 10.2 Å². The van der Waals surface area contributed by atoms with Gasteiger partial charge in [-0.1, -0.05) is 6.92 Å². The minimum Gasteiger partial charge on any atom is -0.356 e. The lowest BCUT2D eigenvalue weighted by atomic mass is 9.97. The average molecular weight is 421 g/mol. The molecule has 1 saturated heterocycles. The summed E-state index contributed by atoms with van der Waals surface area (Å²) in [7, 11) is 3.93. The van der Waals surface area contributed by atoms with E-state index in [1.54, 1.807) is 22.7 Å². The molecule has 0 spiro atoms. The van der Waals surface area contributed by atoms with Crippen molar-refractivity contribution in [3.05, 3.63) is 32.2 Å². The molecule has 28 heavy (non-hydrogen) atoms. The van der Waals surface area contributed by atoms with Crippen LogP contribution in [0.4, 0.5) is 0 Å². The summed E-state index contributed by atoms with van der Waals surface area (Å²) in [6, 6.07) is 0. The molecule has 154 valence electrons. The van der Waals surface area contributed by atoms with Gasteiger partial charge in [-0.2, -0.15) is 0 Å². The number of guanidine groups is 1. The number of hydrogen-bond acceptors (Lipinski definition) is 6. The van der Waals surface area contributed by atoms with Crippen molar-refractivity contribution in [1.82, 2.24) is 25.1 Å². The molecule has 6 nitrogen and oxygen atoms in total. The van der Waals surface area contributed by atoms with Gasteiger partial charge in [-0.05, 0) is 45.2 Å². The van der Waals surface area contributed by atoms with Gasteiger partial charge in [0, 0.05) is 37.9 Å². The monoisotopic (exact) mass is 420 g/mol. The largest absolute Gasteiger partial charge is 0.356 e. The van der Waals surface area contributed by atoms with Gasteiger partial charge in [-0.25, -0.2) is 9.97 Å². The van der Waals surface area contributed by atoms with E-state index in [0.717, 1.165) is 55.8 Å². The third-order valence-corrected chi connectivity index (χ3v) is 7.05. The molecule has 2 aromatic rings. The second kappa shape index (κ2) is 10.3. The standard InChI is InChI=1S/C20H32N6S2/c1-5-19-24-18(14-28-19)12-26-8-6-16(7-9-26)10-22-20(21-3)25(4)11-17-13-27-15(2)23-17/h13-14,16H,5-12H2,1-4H3,(H,21,22). The van der Waals surface area contributed by atoms with Gasteiger partial charge in [0.15, 0.2) is 5.96 Å². The molecule has 1 N–H and O–H groups in total. The maximum absolute atomic E-state index is 4.71. The highest BCUT2D eigenvalue weighted by atomic mass is 32.1. The molecule has 3 heterocycles. The fraction of sp³-hybridized carbons (Fsp3) is 0.650. The molecular formula is C20H32N6S2. The number of aliphatic imine (C=N–C) groups is 1. The van der Waals surface area contributed by atoms with E-state index >= 15 is 0 Å². The van der Waals surface area contributed by atoms with Crippen molar-refractivity contribution in [3.63, 3.8) is 0 Å². The van der Waals surface area contributed by atoms with Crippen molar-refractivity contribution in [2.75, 3.05) is 33.7 Å². The zero-order valence-corrected chi connectivity index (χ0v) is 19.1. The van der Waals surface area contributed by atoms with Crippen LogP contribution in [0.1, 0.15) is 41.2 Å². The maximum atomic E-state index is 4.71. The number of hydrogen-bond donors (Lipinski definition) is 1. The van der Waals surface area contributed by atoms with Gasteiger partial charge in [-0.3, -0.25) is 9.89 Å². The highest BCUT2D eigenvalue weighted by Gasteiger charge is 2.20. The Morgan fingerprint density at radius 2 is 2.00 bits per heavy atom. The van der Waals surface area contributed by atoms with Crippen LogP contribution >= 0.6 is 22.7 Å². The van der Waals surface area contributed by atoms with Crippen LogP contribution < -0.4 is 5.32 Å². The van der Waals surface area contributed by atoms with Crippen LogP contribution in [0.3, 0.4) is 0 Å². The third kappa shape index (κ3) is 5.99. The molecular weight excluding hydrogens is 388 g/mol. The summed E-state index contributed by atoms with van der Waals surface area (Å²) in [6.07, 6.45) is 3.49. The Kier molecular flexibility index (Phi) is 7.82.